The molecule has 1 aliphatic heterocycles. The first-order valence-electron chi connectivity index (χ1n) is 10.7. The minimum absolute atomic E-state index is 0.0653. The monoisotopic (exact) mass is 436 g/mol. The Hall–Kier alpha value is -3.59. The van der Waals surface area contributed by atoms with Gasteiger partial charge in [0.15, 0.2) is 5.82 Å². The van der Waals surface area contributed by atoms with E-state index in [0.717, 1.165) is 22.3 Å². The molecule has 5 N–H and O–H groups in total. The molecule has 2 aromatic carbocycles. The van der Waals surface area contributed by atoms with E-state index in [1.54, 1.807) is 17.0 Å². The number of morpholine rings is 1. The number of aromatic amines is 1. The number of nitrogens with one attached hydrogen (secondary N) is 3. The van der Waals surface area contributed by atoms with Gasteiger partial charge in [-0.3, -0.25) is 14.7 Å². The van der Waals surface area contributed by atoms with Crippen LogP contribution in [0.4, 0.5) is 22.9 Å². The first-order valence-corrected chi connectivity index (χ1v) is 10.7. The Kier molecular flexibility index (Phi) is 6.27. The first-order chi connectivity index (χ1) is 15.4. The second-order valence-electron chi connectivity index (χ2n) is 8.33. The summed E-state index contributed by atoms with van der Waals surface area (Å²) in [6.07, 6.45) is 0.658. The molecule has 2 heterocycles. The molecule has 0 radical (unpaired) electrons. The number of aromatic nitrogens is 2. The van der Waals surface area contributed by atoms with Gasteiger partial charge in [-0.1, -0.05) is 13.8 Å². The standard InChI is InChI=1S/C23H28N6O3/c1-14(2)11-20(25-16-5-8-19-18(12-16)22(24)28-27-19)23(31)26-15-3-6-17(7-4-15)29-9-10-32-13-21(29)30/h3-8,12,14,20,25H,9-11,13H2,1-2H3,(H,26,31)(H3,24,27,28). The van der Waals surface area contributed by atoms with Crippen LogP contribution in [0.2, 0.25) is 0 Å². The van der Waals surface area contributed by atoms with Crippen LogP contribution in [-0.4, -0.2) is 47.8 Å². The number of anilines is 4. The molecule has 32 heavy (non-hydrogen) atoms. The Morgan fingerprint density at radius 2 is 1.97 bits per heavy atom. The quantitative estimate of drug-likeness (QED) is 0.451. The number of nitrogens with two attached hydrogens (primary N) is 1. The van der Waals surface area contributed by atoms with E-state index in [1.807, 2.05) is 30.3 Å². The molecule has 4 rings (SSSR count). The van der Waals surface area contributed by atoms with Gasteiger partial charge in [0.05, 0.1) is 12.1 Å². The van der Waals surface area contributed by atoms with E-state index in [0.29, 0.717) is 37.0 Å². The van der Waals surface area contributed by atoms with Crippen LogP contribution in [0.1, 0.15) is 20.3 Å². The number of H-pyrrole nitrogens is 1. The Morgan fingerprint density at radius 1 is 1.22 bits per heavy atom. The van der Waals surface area contributed by atoms with Crippen molar-refractivity contribution in [3.05, 3.63) is 42.5 Å². The summed E-state index contributed by atoms with van der Waals surface area (Å²) in [6.45, 7) is 5.29. The van der Waals surface area contributed by atoms with Gasteiger partial charge in [0.25, 0.3) is 5.91 Å². The molecule has 0 spiro atoms. The molecule has 9 nitrogen and oxygen atoms in total. The number of carbonyl (C=O) groups is 2. The average molecular weight is 437 g/mol. The lowest BCUT2D eigenvalue weighted by molar-refractivity contribution is -0.125. The van der Waals surface area contributed by atoms with Crippen LogP contribution in [-0.2, 0) is 14.3 Å². The Balaban J connectivity index is 1.46. The second kappa shape index (κ2) is 9.27. The van der Waals surface area contributed by atoms with Gasteiger partial charge in [0.2, 0.25) is 5.91 Å². The van der Waals surface area contributed by atoms with Crippen LogP contribution in [0.15, 0.2) is 42.5 Å². The van der Waals surface area contributed by atoms with E-state index in [1.165, 1.54) is 0 Å². The van der Waals surface area contributed by atoms with Crippen LogP contribution >= 0.6 is 0 Å². The number of ether oxygens (including phenoxy) is 1. The van der Waals surface area contributed by atoms with Crippen molar-refractivity contribution in [1.29, 1.82) is 0 Å². The van der Waals surface area contributed by atoms with Gasteiger partial charge >= 0.3 is 0 Å². The minimum atomic E-state index is -0.430. The number of benzene rings is 2. The van der Waals surface area contributed by atoms with Crippen molar-refractivity contribution in [3.63, 3.8) is 0 Å². The zero-order valence-electron chi connectivity index (χ0n) is 18.2. The molecule has 1 saturated heterocycles. The normalized spacial score (nSPS) is 15.2. The number of nitrogens with zero attached hydrogens (tertiary/aromatic N) is 2. The van der Waals surface area contributed by atoms with Gasteiger partial charge in [0.1, 0.15) is 12.6 Å². The van der Waals surface area contributed by atoms with E-state index in [-0.39, 0.29) is 18.4 Å². The molecule has 1 atom stereocenters. The smallest absolute Gasteiger partial charge is 0.253 e. The highest BCUT2D eigenvalue weighted by molar-refractivity contribution is 5.98. The fourth-order valence-electron chi connectivity index (χ4n) is 3.77. The van der Waals surface area contributed by atoms with E-state index in [9.17, 15) is 9.59 Å². The lowest BCUT2D eigenvalue weighted by Gasteiger charge is -2.27. The summed E-state index contributed by atoms with van der Waals surface area (Å²) >= 11 is 0. The highest BCUT2D eigenvalue weighted by Gasteiger charge is 2.22. The SMILES string of the molecule is CC(C)CC(Nc1ccc2[nH]nc(N)c2c1)C(=O)Nc1ccc(N2CCOCC2=O)cc1. The van der Waals surface area contributed by atoms with Crippen LogP contribution < -0.4 is 21.3 Å². The summed E-state index contributed by atoms with van der Waals surface area (Å²) < 4.78 is 5.17. The van der Waals surface area contributed by atoms with E-state index in [2.05, 4.69) is 34.7 Å². The van der Waals surface area contributed by atoms with E-state index < -0.39 is 6.04 Å². The largest absolute Gasteiger partial charge is 0.382 e. The maximum atomic E-state index is 13.1. The third-order valence-electron chi connectivity index (χ3n) is 5.39. The van der Waals surface area contributed by atoms with Crippen LogP contribution in [0, 0.1) is 5.92 Å². The van der Waals surface area contributed by atoms with Crippen molar-refractivity contribution in [3.8, 4) is 0 Å². The maximum Gasteiger partial charge on any atom is 0.253 e. The summed E-state index contributed by atoms with van der Waals surface area (Å²) in [5, 5.41) is 14.0. The molecule has 9 heteroatoms. The number of hydrogen-bond acceptors (Lipinski definition) is 6. The lowest BCUT2D eigenvalue weighted by Crippen LogP contribution is -2.41. The highest BCUT2D eigenvalue weighted by atomic mass is 16.5. The Bertz CT molecular complexity index is 1110. The summed E-state index contributed by atoms with van der Waals surface area (Å²) in [4.78, 5) is 26.8. The average Bonchev–Trinajstić information content (AvgIpc) is 3.14. The summed E-state index contributed by atoms with van der Waals surface area (Å²) in [7, 11) is 0. The third-order valence-corrected chi connectivity index (χ3v) is 5.39. The summed E-state index contributed by atoms with van der Waals surface area (Å²) in [5.41, 5.74) is 9.02. The third kappa shape index (κ3) is 4.83. The van der Waals surface area contributed by atoms with Gasteiger partial charge in [-0.25, -0.2) is 0 Å². The number of nitrogen functional groups attached to an aromatic ring is 1. The maximum absolute atomic E-state index is 13.1. The molecule has 2 amide bonds. The van der Waals surface area contributed by atoms with Crippen molar-refractivity contribution < 1.29 is 14.3 Å². The van der Waals surface area contributed by atoms with Crippen molar-refractivity contribution in [2.45, 2.75) is 26.3 Å². The zero-order valence-corrected chi connectivity index (χ0v) is 18.2. The van der Waals surface area contributed by atoms with E-state index in [4.69, 9.17) is 10.5 Å². The predicted octanol–water partition coefficient (Wildman–Crippen LogP) is 2.97. The molecule has 0 bridgehead atoms. The number of fused-ring (bicyclic) bond motifs is 1. The van der Waals surface area contributed by atoms with Crippen LogP contribution in [0.25, 0.3) is 10.9 Å². The Labute approximate surface area is 186 Å². The van der Waals surface area contributed by atoms with Crippen molar-refractivity contribution in [1.82, 2.24) is 10.2 Å². The number of carbonyl (C=O) groups excluding carboxylic acids is 2. The molecule has 1 aliphatic rings. The molecule has 0 saturated carbocycles. The topological polar surface area (TPSA) is 125 Å². The fraction of sp³-hybridized carbons (Fsp3) is 0.348. The van der Waals surface area contributed by atoms with Gasteiger partial charge in [-0.05, 0) is 54.8 Å². The van der Waals surface area contributed by atoms with Crippen molar-refractivity contribution in [2.24, 2.45) is 5.92 Å². The molecule has 3 aromatic rings. The van der Waals surface area contributed by atoms with Crippen molar-refractivity contribution in [2.75, 3.05) is 41.0 Å². The van der Waals surface area contributed by atoms with Gasteiger partial charge in [-0.2, -0.15) is 5.10 Å². The van der Waals surface area contributed by atoms with Gasteiger partial charge in [0, 0.05) is 29.0 Å². The lowest BCUT2D eigenvalue weighted by atomic mass is 10.0. The van der Waals surface area contributed by atoms with Crippen molar-refractivity contribution >= 4 is 45.6 Å². The highest BCUT2D eigenvalue weighted by Crippen LogP contribution is 2.24. The summed E-state index contributed by atoms with van der Waals surface area (Å²) in [6, 6.07) is 12.5. The molecular weight excluding hydrogens is 408 g/mol. The van der Waals surface area contributed by atoms with Crippen LogP contribution in [0.5, 0.6) is 0 Å². The van der Waals surface area contributed by atoms with Crippen LogP contribution in [0.3, 0.4) is 0 Å². The number of amides is 2. The molecule has 1 aromatic heterocycles. The fourth-order valence-corrected chi connectivity index (χ4v) is 3.77. The molecule has 1 fully saturated rings. The number of rotatable bonds is 7. The molecule has 168 valence electrons. The minimum Gasteiger partial charge on any atom is -0.382 e. The summed E-state index contributed by atoms with van der Waals surface area (Å²) in [5.74, 6) is 0.543. The molecule has 1 unspecified atom stereocenters. The van der Waals surface area contributed by atoms with Gasteiger partial charge < -0.3 is 26.0 Å². The molecular formula is C23H28N6O3. The second-order valence-corrected chi connectivity index (χ2v) is 8.33. The van der Waals surface area contributed by atoms with Gasteiger partial charge in [-0.15, -0.1) is 0 Å². The van der Waals surface area contributed by atoms with E-state index >= 15 is 0 Å². The zero-order chi connectivity index (χ0) is 22.7. The molecule has 0 aliphatic carbocycles. The predicted molar refractivity (Wildman–Crippen MR) is 126 cm³/mol. The number of hydrogen-bond donors (Lipinski definition) is 4. The first kappa shape index (κ1) is 21.6. The Morgan fingerprint density at radius 3 is 2.69 bits per heavy atom.